The summed E-state index contributed by atoms with van der Waals surface area (Å²) in [5, 5.41) is 0.712. The number of hydrogen-bond donors (Lipinski definition) is 2. The zero-order valence-corrected chi connectivity index (χ0v) is 11.7. The van der Waals surface area contributed by atoms with E-state index in [1.807, 2.05) is 5.43 Å². The van der Waals surface area contributed by atoms with E-state index in [1.54, 1.807) is 29.3 Å². The molecule has 0 aliphatic carbocycles. The Hall–Kier alpha value is -2.35. The van der Waals surface area contributed by atoms with Crippen LogP contribution in [0.15, 0.2) is 24.4 Å². The van der Waals surface area contributed by atoms with Crippen molar-refractivity contribution in [2.45, 2.75) is 18.8 Å². The molecule has 2 aromatic heterocycles. The van der Waals surface area contributed by atoms with Crippen LogP contribution in [0, 0.1) is 0 Å². The zero-order chi connectivity index (χ0) is 15.7. The number of fused-ring (bicyclic) bond motifs is 1. The molecule has 0 saturated carbocycles. The number of nitrogens with one attached hydrogen (secondary N) is 1. The Morgan fingerprint density at radius 1 is 1.36 bits per heavy atom. The molecule has 2 aromatic rings. The largest absolute Gasteiger partial charge is 0.354 e. The summed E-state index contributed by atoms with van der Waals surface area (Å²) in [6.45, 7) is 0.332. The fraction of sp³-hybridized carbons (Fsp3) is 0.357. The van der Waals surface area contributed by atoms with Crippen LogP contribution in [0.25, 0.3) is 10.9 Å². The van der Waals surface area contributed by atoms with Crippen LogP contribution in [0.5, 0.6) is 0 Å². The molecule has 1 amide bonds. The number of carbonyl (C=O) groups excluding carboxylic acids is 1. The van der Waals surface area contributed by atoms with Gasteiger partial charge in [0.1, 0.15) is 11.2 Å². The van der Waals surface area contributed by atoms with E-state index in [4.69, 9.17) is 5.84 Å². The average Bonchev–Trinajstić information content (AvgIpc) is 2.53. The van der Waals surface area contributed by atoms with Gasteiger partial charge in [0, 0.05) is 37.5 Å². The first-order valence-corrected chi connectivity index (χ1v) is 6.90. The van der Waals surface area contributed by atoms with Crippen LogP contribution in [0.2, 0.25) is 0 Å². The van der Waals surface area contributed by atoms with Gasteiger partial charge in [-0.2, -0.15) is 0 Å². The van der Waals surface area contributed by atoms with E-state index < -0.39 is 11.8 Å². The number of pyridine rings is 2. The molecule has 3 heterocycles. The number of rotatable bonds is 2. The molecule has 3 N–H and O–H groups in total. The molecule has 8 heteroatoms. The van der Waals surface area contributed by atoms with Crippen LogP contribution in [0.4, 0.5) is 14.6 Å². The molecule has 22 heavy (non-hydrogen) atoms. The maximum absolute atomic E-state index is 13.3. The predicted molar refractivity (Wildman–Crippen MR) is 77.6 cm³/mol. The highest BCUT2D eigenvalue weighted by atomic mass is 19.3. The maximum atomic E-state index is 13.3. The Balaban J connectivity index is 2.05. The summed E-state index contributed by atoms with van der Waals surface area (Å²) >= 11 is 0. The van der Waals surface area contributed by atoms with Gasteiger partial charge >= 0.3 is 0 Å². The number of nitrogens with two attached hydrogens (primary N) is 1. The predicted octanol–water partition coefficient (Wildman–Crippen LogP) is 1.47. The second kappa shape index (κ2) is 5.45. The van der Waals surface area contributed by atoms with E-state index >= 15 is 0 Å². The van der Waals surface area contributed by atoms with Gasteiger partial charge in [0.2, 0.25) is 0 Å². The van der Waals surface area contributed by atoms with Gasteiger partial charge < -0.3 is 4.90 Å². The number of amides is 1. The van der Waals surface area contributed by atoms with E-state index in [0.29, 0.717) is 16.7 Å². The number of piperidine rings is 1. The molecule has 1 fully saturated rings. The average molecular weight is 307 g/mol. The van der Waals surface area contributed by atoms with Crippen molar-refractivity contribution < 1.29 is 13.6 Å². The van der Waals surface area contributed by atoms with Crippen molar-refractivity contribution in [2.75, 3.05) is 18.0 Å². The van der Waals surface area contributed by atoms with E-state index in [9.17, 15) is 13.6 Å². The molecule has 0 aromatic carbocycles. The molecule has 6 nitrogen and oxygen atoms in total. The first kappa shape index (κ1) is 14.6. The number of carbonyl (C=O) groups is 1. The lowest BCUT2D eigenvalue weighted by Gasteiger charge is -2.33. The fourth-order valence-corrected chi connectivity index (χ4v) is 2.52. The second-order valence-electron chi connectivity index (χ2n) is 5.22. The van der Waals surface area contributed by atoms with Gasteiger partial charge in [0.15, 0.2) is 5.82 Å². The Bertz CT molecular complexity index is 711. The minimum atomic E-state index is -2.65. The zero-order valence-electron chi connectivity index (χ0n) is 11.7. The lowest BCUT2D eigenvalue weighted by Crippen LogP contribution is -2.40. The van der Waals surface area contributed by atoms with Crippen molar-refractivity contribution in [1.82, 2.24) is 15.4 Å². The molecule has 3 rings (SSSR count). The summed E-state index contributed by atoms with van der Waals surface area (Å²) in [7, 11) is 0. The van der Waals surface area contributed by atoms with E-state index in [1.165, 1.54) is 0 Å². The van der Waals surface area contributed by atoms with Crippen molar-refractivity contribution >= 4 is 22.6 Å². The summed E-state index contributed by atoms with van der Waals surface area (Å²) in [5.74, 6) is 2.40. The molecule has 1 aliphatic heterocycles. The highest BCUT2D eigenvalue weighted by Gasteiger charge is 2.35. The number of hydrazine groups is 1. The number of alkyl halides is 2. The third kappa shape index (κ3) is 2.69. The van der Waals surface area contributed by atoms with Crippen molar-refractivity contribution in [3.63, 3.8) is 0 Å². The smallest absolute Gasteiger partial charge is 0.283 e. The standard InChI is InChI=1S/C14H15F2N5O/c15-14(16)3-6-21(7-4-14)12-11-9(2-1-5-18-11)8-10(19-12)13(22)20-17/h1-2,5,8H,3-4,6-7,17H2,(H,20,22). The third-order valence-corrected chi connectivity index (χ3v) is 3.73. The summed E-state index contributed by atoms with van der Waals surface area (Å²) in [4.78, 5) is 22.0. The lowest BCUT2D eigenvalue weighted by molar-refractivity contribution is -0.0221. The van der Waals surface area contributed by atoms with Crippen molar-refractivity contribution in [3.8, 4) is 0 Å². The number of aromatic nitrogens is 2. The Labute approximate surface area is 125 Å². The van der Waals surface area contributed by atoms with Gasteiger partial charge in [-0.25, -0.2) is 19.6 Å². The molecule has 0 atom stereocenters. The highest BCUT2D eigenvalue weighted by molar-refractivity contribution is 5.98. The first-order valence-electron chi connectivity index (χ1n) is 6.90. The van der Waals surface area contributed by atoms with E-state index in [0.717, 1.165) is 0 Å². The Kier molecular flexibility index (Phi) is 3.61. The van der Waals surface area contributed by atoms with Crippen LogP contribution >= 0.6 is 0 Å². The maximum Gasteiger partial charge on any atom is 0.283 e. The van der Waals surface area contributed by atoms with Crippen LogP contribution in [0.1, 0.15) is 23.3 Å². The van der Waals surface area contributed by atoms with Gasteiger partial charge in [0.05, 0.1) is 0 Å². The fourth-order valence-electron chi connectivity index (χ4n) is 2.52. The molecule has 0 unspecified atom stereocenters. The number of halogens is 2. The summed E-state index contributed by atoms with van der Waals surface area (Å²) < 4.78 is 26.7. The van der Waals surface area contributed by atoms with Crippen molar-refractivity contribution in [1.29, 1.82) is 0 Å². The Morgan fingerprint density at radius 2 is 2.09 bits per heavy atom. The van der Waals surface area contributed by atoms with E-state index in [2.05, 4.69) is 9.97 Å². The number of hydrogen-bond acceptors (Lipinski definition) is 5. The molecule has 0 radical (unpaired) electrons. The Morgan fingerprint density at radius 3 is 2.77 bits per heavy atom. The number of anilines is 1. The molecule has 0 spiro atoms. The van der Waals surface area contributed by atoms with Gasteiger partial charge in [0.25, 0.3) is 11.8 Å². The first-order chi connectivity index (χ1) is 10.5. The highest BCUT2D eigenvalue weighted by Crippen LogP contribution is 2.32. The van der Waals surface area contributed by atoms with E-state index in [-0.39, 0.29) is 31.6 Å². The lowest BCUT2D eigenvalue weighted by atomic mass is 10.1. The van der Waals surface area contributed by atoms with Gasteiger partial charge in [-0.3, -0.25) is 15.2 Å². The van der Waals surface area contributed by atoms with Crippen LogP contribution in [0.3, 0.4) is 0 Å². The monoisotopic (exact) mass is 307 g/mol. The van der Waals surface area contributed by atoms with Gasteiger partial charge in [-0.15, -0.1) is 0 Å². The van der Waals surface area contributed by atoms with Gasteiger partial charge in [-0.1, -0.05) is 6.07 Å². The minimum Gasteiger partial charge on any atom is -0.354 e. The molecule has 116 valence electrons. The molecular formula is C14H15F2N5O. The van der Waals surface area contributed by atoms with Gasteiger partial charge in [-0.05, 0) is 12.1 Å². The van der Waals surface area contributed by atoms with Crippen LogP contribution in [-0.4, -0.2) is 34.9 Å². The molecule has 0 bridgehead atoms. The van der Waals surface area contributed by atoms with Crippen LogP contribution < -0.4 is 16.2 Å². The minimum absolute atomic E-state index is 0.135. The second-order valence-corrected chi connectivity index (χ2v) is 5.22. The molecule has 1 saturated heterocycles. The third-order valence-electron chi connectivity index (χ3n) is 3.73. The topological polar surface area (TPSA) is 84.1 Å². The SMILES string of the molecule is NNC(=O)c1cc2cccnc2c(N2CCC(F)(F)CC2)n1. The quantitative estimate of drug-likeness (QED) is 0.498. The normalized spacial score (nSPS) is 17.5. The summed E-state index contributed by atoms with van der Waals surface area (Å²) in [6.07, 6.45) is 1.13. The van der Waals surface area contributed by atoms with Crippen molar-refractivity contribution in [2.24, 2.45) is 5.84 Å². The molecular weight excluding hydrogens is 292 g/mol. The van der Waals surface area contributed by atoms with Crippen molar-refractivity contribution in [3.05, 3.63) is 30.1 Å². The number of nitrogen functional groups attached to an aromatic ring is 1. The summed E-state index contributed by atoms with van der Waals surface area (Å²) in [5.41, 5.74) is 2.75. The number of nitrogens with zero attached hydrogens (tertiary/aromatic N) is 3. The summed E-state index contributed by atoms with van der Waals surface area (Å²) in [6, 6.07) is 5.10. The molecule has 1 aliphatic rings. The van der Waals surface area contributed by atoms with Crippen LogP contribution in [-0.2, 0) is 0 Å².